The molecule has 0 aromatic rings. The zero-order valence-corrected chi connectivity index (χ0v) is 11.5. The van der Waals surface area contributed by atoms with Crippen LogP contribution in [-0.2, 0) is 14.3 Å². The predicted molar refractivity (Wildman–Crippen MR) is 69.9 cm³/mol. The first-order valence-electron chi connectivity index (χ1n) is 6.49. The Kier molecular flexibility index (Phi) is 6.23. The third-order valence-electron chi connectivity index (χ3n) is 3.32. The number of primary amides is 1. The fourth-order valence-corrected chi connectivity index (χ4v) is 2.21. The first kappa shape index (κ1) is 16.2. The summed E-state index contributed by atoms with van der Waals surface area (Å²) in [5.74, 6) is -1.27. The Morgan fingerprint density at radius 2 is 2.00 bits per heavy atom. The maximum Gasteiger partial charge on any atom is 0.328 e. The van der Waals surface area contributed by atoms with E-state index in [0.717, 1.165) is 0 Å². The molecule has 0 aromatic heterocycles. The van der Waals surface area contributed by atoms with E-state index in [-0.39, 0.29) is 18.4 Å². The number of nitrogens with two attached hydrogens (primary N) is 1. The van der Waals surface area contributed by atoms with Gasteiger partial charge in [0, 0.05) is 26.6 Å². The van der Waals surface area contributed by atoms with Crippen molar-refractivity contribution in [1.82, 2.24) is 10.2 Å². The van der Waals surface area contributed by atoms with Gasteiger partial charge in [0.15, 0.2) is 6.04 Å². The van der Waals surface area contributed by atoms with Crippen LogP contribution < -0.4 is 11.1 Å². The SMILES string of the molecule is COCC(NC(=O)N1CCC(CC(N)=O)CC1)C(=O)O. The molecule has 0 saturated carbocycles. The molecule has 1 fully saturated rings. The number of amides is 3. The van der Waals surface area contributed by atoms with Gasteiger partial charge < -0.3 is 25.8 Å². The quantitative estimate of drug-likeness (QED) is 0.601. The fourth-order valence-electron chi connectivity index (χ4n) is 2.21. The highest BCUT2D eigenvalue weighted by Gasteiger charge is 2.27. The summed E-state index contributed by atoms with van der Waals surface area (Å²) >= 11 is 0. The largest absolute Gasteiger partial charge is 0.480 e. The number of carboxylic acid groups (broad SMARTS) is 1. The normalized spacial score (nSPS) is 17.6. The van der Waals surface area contributed by atoms with E-state index in [2.05, 4.69) is 5.32 Å². The Labute approximate surface area is 117 Å². The molecule has 0 bridgehead atoms. The number of methoxy groups -OCH3 is 1. The van der Waals surface area contributed by atoms with Crippen molar-refractivity contribution < 1.29 is 24.2 Å². The first-order valence-corrected chi connectivity index (χ1v) is 6.49. The monoisotopic (exact) mass is 287 g/mol. The third kappa shape index (κ3) is 5.04. The Hall–Kier alpha value is -1.83. The Bertz CT molecular complexity index is 366. The number of carboxylic acids is 1. The molecule has 1 atom stereocenters. The van der Waals surface area contributed by atoms with E-state index in [1.807, 2.05) is 0 Å². The number of piperidine rings is 1. The van der Waals surface area contributed by atoms with Crippen LogP contribution in [0, 0.1) is 5.92 Å². The molecule has 20 heavy (non-hydrogen) atoms. The summed E-state index contributed by atoms with van der Waals surface area (Å²) in [5, 5.41) is 11.3. The van der Waals surface area contributed by atoms with Crippen molar-refractivity contribution in [3.8, 4) is 0 Å². The molecular formula is C12H21N3O5. The maximum absolute atomic E-state index is 11.9. The van der Waals surface area contributed by atoms with Crippen molar-refractivity contribution in [2.24, 2.45) is 11.7 Å². The highest BCUT2D eigenvalue weighted by atomic mass is 16.5. The van der Waals surface area contributed by atoms with Crippen LogP contribution >= 0.6 is 0 Å². The van der Waals surface area contributed by atoms with Gasteiger partial charge in [-0.1, -0.05) is 0 Å². The van der Waals surface area contributed by atoms with Crippen LogP contribution in [0.15, 0.2) is 0 Å². The van der Waals surface area contributed by atoms with Crippen LogP contribution in [0.3, 0.4) is 0 Å². The molecule has 0 aromatic carbocycles. The number of carbonyl (C=O) groups is 3. The topological polar surface area (TPSA) is 122 Å². The zero-order chi connectivity index (χ0) is 15.1. The Morgan fingerprint density at radius 1 is 1.40 bits per heavy atom. The molecule has 0 spiro atoms. The lowest BCUT2D eigenvalue weighted by Crippen LogP contribution is -2.51. The van der Waals surface area contributed by atoms with Crippen LogP contribution in [0.25, 0.3) is 0 Å². The minimum atomic E-state index is -1.14. The summed E-state index contributed by atoms with van der Waals surface area (Å²) in [6.45, 7) is 0.894. The van der Waals surface area contributed by atoms with Crippen molar-refractivity contribution in [3.63, 3.8) is 0 Å². The van der Waals surface area contributed by atoms with Gasteiger partial charge >= 0.3 is 12.0 Å². The standard InChI is InChI=1S/C12H21N3O5/c1-20-7-9(11(17)18)14-12(19)15-4-2-8(3-5-15)6-10(13)16/h8-9H,2-7H2,1H3,(H2,13,16)(H,14,19)(H,17,18). The van der Waals surface area contributed by atoms with Gasteiger partial charge in [0.25, 0.3) is 0 Å². The summed E-state index contributed by atoms with van der Waals surface area (Å²) in [6, 6.07) is -1.48. The average Bonchev–Trinajstić information content (AvgIpc) is 2.38. The number of rotatable bonds is 6. The number of hydrogen-bond donors (Lipinski definition) is 3. The number of aliphatic carboxylic acids is 1. The molecule has 114 valence electrons. The van der Waals surface area contributed by atoms with Crippen LogP contribution in [0.5, 0.6) is 0 Å². The third-order valence-corrected chi connectivity index (χ3v) is 3.32. The molecule has 1 aliphatic rings. The Balaban J connectivity index is 2.42. The van der Waals surface area contributed by atoms with Gasteiger partial charge in [-0.15, -0.1) is 0 Å². The molecule has 0 radical (unpaired) electrons. The molecule has 3 amide bonds. The number of nitrogens with zero attached hydrogens (tertiary/aromatic N) is 1. The summed E-state index contributed by atoms with van der Waals surface area (Å²) in [6.07, 6.45) is 1.72. The van der Waals surface area contributed by atoms with Gasteiger partial charge in [0.05, 0.1) is 6.61 Å². The number of hydrogen-bond acceptors (Lipinski definition) is 4. The van der Waals surface area contributed by atoms with Gasteiger partial charge in [0.1, 0.15) is 0 Å². The first-order chi connectivity index (χ1) is 9.43. The molecule has 0 aliphatic carbocycles. The second-order valence-corrected chi connectivity index (χ2v) is 4.90. The number of ether oxygens (including phenoxy) is 1. The lowest BCUT2D eigenvalue weighted by Gasteiger charge is -2.32. The summed E-state index contributed by atoms with van der Waals surface area (Å²) < 4.78 is 4.75. The maximum atomic E-state index is 11.9. The summed E-state index contributed by atoms with van der Waals surface area (Å²) in [5.41, 5.74) is 5.14. The fraction of sp³-hybridized carbons (Fsp3) is 0.750. The molecule has 1 rings (SSSR count). The molecule has 1 heterocycles. The minimum absolute atomic E-state index is 0.0841. The van der Waals surface area contributed by atoms with Gasteiger partial charge in [-0.25, -0.2) is 9.59 Å². The number of nitrogens with one attached hydrogen (secondary N) is 1. The minimum Gasteiger partial charge on any atom is -0.480 e. The molecule has 1 unspecified atom stereocenters. The number of urea groups is 1. The lowest BCUT2D eigenvalue weighted by atomic mass is 9.93. The van der Waals surface area contributed by atoms with E-state index in [1.165, 1.54) is 7.11 Å². The molecule has 8 heteroatoms. The van der Waals surface area contributed by atoms with Crippen molar-refractivity contribution >= 4 is 17.9 Å². The van der Waals surface area contributed by atoms with Crippen LogP contribution in [-0.4, -0.2) is 60.8 Å². The highest BCUT2D eigenvalue weighted by Crippen LogP contribution is 2.20. The lowest BCUT2D eigenvalue weighted by molar-refractivity contribution is -0.140. The number of likely N-dealkylation sites (tertiary alicyclic amines) is 1. The van der Waals surface area contributed by atoms with Crippen LogP contribution in [0.1, 0.15) is 19.3 Å². The summed E-state index contributed by atoms with van der Waals surface area (Å²) in [7, 11) is 1.37. The highest BCUT2D eigenvalue weighted by molar-refractivity contribution is 5.82. The molecule has 1 aliphatic heterocycles. The van der Waals surface area contributed by atoms with E-state index in [4.69, 9.17) is 15.6 Å². The van der Waals surface area contributed by atoms with E-state index in [0.29, 0.717) is 32.4 Å². The van der Waals surface area contributed by atoms with Crippen LogP contribution in [0.4, 0.5) is 4.79 Å². The van der Waals surface area contributed by atoms with Gasteiger partial charge in [-0.05, 0) is 18.8 Å². The summed E-state index contributed by atoms with van der Waals surface area (Å²) in [4.78, 5) is 35.2. The van der Waals surface area contributed by atoms with Crippen LogP contribution in [0.2, 0.25) is 0 Å². The van der Waals surface area contributed by atoms with Gasteiger partial charge in [-0.2, -0.15) is 0 Å². The number of carbonyl (C=O) groups excluding carboxylic acids is 2. The average molecular weight is 287 g/mol. The van der Waals surface area contributed by atoms with Crippen molar-refractivity contribution in [2.45, 2.75) is 25.3 Å². The van der Waals surface area contributed by atoms with Crippen molar-refractivity contribution in [3.05, 3.63) is 0 Å². The predicted octanol–water partition coefficient (Wildman–Crippen LogP) is -0.617. The Morgan fingerprint density at radius 3 is 2.45 bits per heavy atom. The van der Waals surface area contributed by atoms with E-state index >= 15 is 0 Å². The van der Waals surface area contributed by atoms with Crippen molar-refractivity contribution in [1.29, 1.82) is 0 Å². The van der Waals surface area contributed by atoms with Crippen molar-refractivity contribution in [2.75, 3.05) is 26.8 Å². The molecule has 4 N–H and O–H groups in total. The second-order valence-electron chi connectivity index (χ2n) is 4.90. The van der Waals surface area contributed by atoms with E-state index in [9.17, 15) is 14.4 Å². The molecular weight excluding hydrogens is 266 g/mol. The van der Waals surface area contributed by atoms with E-state index in [1.54, 1.807) is 4.90 Å². The second kappa shape index (κ2) is 7.68. The molecule has 1 saturated heterocycles. The molecule has 8 nitrogen and oxygen atoms in total. The van der Waals surface area contributed by atoms with E-state index < -0.39 is 18.0 Å². The van der Waals surface area contributed by atoms with Gasteiger partial charge in [0.2, 0.25) is 5.91 Å². The zero-order valence-electron chi connectivity index (χ0n) is 11.5. The van der Waals surface area contributed by atoms with Gasteiger partial charge in [-0.3, -0.25) is 4.79 Å². The smallest absolute Gasteiger partial charge is 0.328 e.